The second-order valence-electron chi connectivity index (χ2n) is 6.22. The van der Waals surface area contributed by atoms with Gasteiger partial charge in [0.05, 0.1) is 16.3 Å². The van der Waals surface area contributed by atoms with Crippen LogP contribution in [0.4, 0.5) is 5.69 Å². The molecule has 0 saturated carbocycles. The summed E-state index contributed by atoms with van der Waals surface area (Å²) in [5.41, 5.74) is 3.08. The highest BCUT2D eigenvalue weighted by atomic mass is 35.5. The van der Waals surface area contributed by atoms with E-state index in [-0.39, 0.29) is 0 Å². The first-order valence-electron chi connectivity index (χ1n) is 8.51. The maximum Gasteiger partial charge on any atom is 0.227 e. The van der Waals surface area contributed by atoms with Crippen LogP contribution in [0.2, 0.25) is 5.02 Å². The average molecular weight is 354 g/mol. The molecule has 3 aromatic rings. The molecule has 128 valence electrons. The second-order valence-corrected chi connectivity index (χ2v) is 6.63. The standard InChI is InChI=1S/C20H20ClN3O/c21-19-9-5-4-8-18(19)20-22-16(15-25-20)14-23-10-12-24(13-11-23)17-6-2-1-3-7-17/h1-9,15H,10-14H2. The van der Waals surface area contributed by atoms with Crippen LogP contribution in [0, 0.1) is 0 Å². The number of oxazole rings is 1. The van der Waals surface area contributed by atoms with Crippen LogP contribution >= 0.6 is 11.6 Å². The summed E-state index contributed by atoms with van der Waals surface area (Å²) in [6.07, 6.45) is 1.74. The molecule has 0 spiro atoms. The van der Waals surface area contributed by atoms with Crippen LogP contribution in [0.25, 0.3) is 11.5 Å². The number of hydrogen-bond donors (Lipinski definition) is 0. The van der Waals surface area contributed by atoms with Crippen molar-refractivity contribution in [3.63, 3.8) is 0 Å². The lowest BCUT2D eigenvalue weighted by molar-refractivity contribution is 0.247. The first kappa shape index (κ1) is 16.2. The minimum absolute atomic E-state index is 0.587. The van der Waals surface area contributed by atoms with Gasteiger partial charge in [-0.15, -0.1) is 0 Å². The number of nitrogens with zero attached hydrogens (tertiary/aromatic N) is 3. The summed E-state index contributed by atoms with van der Waals surface area (Å²) in [6, 6.07) is 18.2. The SMILES string of the molecule is Clc1ccccc1-c1nc(CN2CCN(c3ccccc3)CC2)co1. The van der Waals surface area contributed by atoms with Crippen molar-refractivity contribution in [1.29, 1.82) is 0 Å². The van der Waals surface area contributed by atoms with Crippen molar-refractivity contribution in [2.75, 3.05) is 31.1 Å². The van der Waals surface area contributed by atoms with E-state index < -0.39 is 0 Å². The van der Waals surface area contributed by atoms with Crippen molar-refractivity contribution in [2.45, 2.75) is 6.54 Å². The summed E-state index contributed by atoms with van der Waals surface area (Å²) >= 11 is 6.22. The van der Waals surface area contributed by atoms with Gasteiger partial charge in [0.2, 0.25) is 5.89 Å². The molecule has 25 heavy (non-hydrogen) atoms. The summed E-state index contributed by atoms with van der Waals surface area (Å²) in [6.45, 7) is 4.89. The average Bonchev–Trinajstić information content (AvgIpc) is 3.12. The summed E-state index contributed by atoms with van der Waals surface area (Å²) in [7, 11) is 0. The van der Waals surface area contributed by atoms with E-state index in [0.29, 0.717) is 10.9 Å². The molecule has 0 radical (unpaired) electrons. The number of rotatable bonds is 4. The molecule has 1 fully saturated rings. The highest BCUT2D eigenvalue weighted by molar-refractivity contribution is 6.33. The molecule has 4 nitrogen and oxygen atoms in total. The second kappa shape index (κ2) is 7.30. The fourth-order valence-corrected chi connectivity index (χ4v) is 3.39. The number of para-hydroxylation sites is 1. The molecule has 0 amide bonds. The highest BCUT2D eigenvalue weighted by Gasteiger charge is 2.19. The number of anilines is 1. The van der Waals surface area contributed by atoms with Gasteiger partial charge in [0.25, 0.3) is 0 Å². The molecule has 1 aliphatic rings. The molecule has 5 heteroatoms. The van der Waals surface area contributed by atoms with Crippen molar-refractivity contribution in [1.82, 2.24) is 9.88 Å². The number of hydrogen-bond acceptors (Lipinski definition) is 4. The minimum Gasteiger partial charge on any atom is -0.444 e. The minimum atomic E-state index is 0.587. The lowest BCUT2D eigenvalue weighted by Gasteiger charge is -2.35. The molecule has 0 atom stereocenters. The monoisotopic (exact) mass is 353 g/mol. The van der Waals surface area contributed by atoms with Crippen LogP contribution in [-0.4, -0.2) is 36.1 Å². The molecular weight excluding hydrogens is 334 g/mol. The normalized spacial score (nSPS) is 15.5. The first-order valence-corrected chi connectivity index (χ1v) is 8.89. The highest BCUT2D eigenvalue weighted by Crippen LogP contribution is 2.27. The van der Waals surface area contributed by atoms with Gasteiger partial charge >= 0.3 is 0 Å². The number of benzene rings is 2. The number of aromatic nitrogens is 1. The molecule has 1 aromatic heterocycles. The van der Waals surface area contributed by atoms with Gasteiger partial charge in [0, 0.05) is 38.4 Å². The van der Waals surface area contributed by atoms with Gasteiger partial charge < -0.3 is 9.32 Å². The summed E-state index contributed by atoms with van der Waals surface area (Å²) in [5.74, 6) is 0.587. The maximum absolute atomic E-state index is 6.22. The van der Waals surface area contributed by atoms with Crippen LogP contribution in [0.1, 0.15) is 5.69 Å². The smallest absolute Gasteiger partial charge is 0.227 e. The van der Waals surface area contributed by atoms with E-state index in [4.69, 9.17) is 16.0 Å². The van der Waals surface area contributed by atoms with Crippen LogP contribution in [0.5, 0.6) is 0 Å². The van der Waals surface area contributed by atoms with Crippen molar-refractivity contribution in [2.24, 2.45) is 0 Å². The predicted octanol–water partition coefficient (Wildman–Crippen LogP) is 4.32. The number of piperazine rings is 1. The van der Waals surface area contributed by atoms with Crippen LogP contribution in [0.15, 0.2) is 65.3 Å². The Balaban J connectivity index is 1.37. The molecule has 0 aliphatic carbocycles. The molecule has 1 saturated heterocycles. The van der Waals surface area contributed by atoms with E-state index in [2.05, 4.69) is 45.1 Å². The van der Waals surface area contributed by atoms with Gasteiger partial charge in [-0.05, 0) is 24.3 Å². The quantitative estimate of drug-likeness (QED) is 0.699. The zero-order chi connectivity index (χ0) is 17.1. The van der Waals surface area contributed by atoms with Gasteiger partial charge in [0.15, 0.2) is 0 Å². The van der Waals surface area contributed by atoms with Crippen LogP contribution in [-0.2, 0) is 6.54 Å². The van der Waals surface area contributed by atoms with Crippen molar-refractivity contribution in [3.05, 3.63) is 71.6 Å². The molecule has 0 bridgehead atoms. The molecule has 1 aliphatic heterocycles. The van der Waals surface area contributed by atoms with Crippen LogP contribution in [0.3, 0.4) is 0 Å². The lowest BCUT2D eigenvalue weighted by atomic mass is 10.2. The van der Waals surface area contributed by atoms with Gasteiger partial charge in [0.1, 0.15) is 6.26 Å². The van der Waals surface area contributed by atoms with Gasteiger partial charge in [-0.2, -0.15) is 0 Å². The molecule has 0 N–H and O–H groups in total. The van der Waals surface area contributed by atoms with Gasteiger partial charge in [-0.1, -0.05) is 41.9 Å². The third-order valence-electron chi connectivity index (χ3n) is 4.54. The van der Waals surface area contributed by atoms with Crippen molar-refractivity contribution < 1.29 is 4.42 Å². The summed E-state index contributed by atoms with van der Waals surface area (Å²) in [5, 5.41) is 0.660. The summed E-state index contributed by atoms with van der Waals surface area (Å²) < 4.78 is 5.63. The molecule has 2 aromatic carbocycles. The van der Waals surface area contributed by atoms with Gasteiger partial charge in [-0.25, -0.2) is 4.98 Å². The Morgan fingerprint density at radius 3 is 2.40 bits per heavy atom. The number of halogens is 1. The largest absolute Gasteiger partial charge is 0.444 e. The molecular formula is C20H20ClN3O. The van der Waals surface area contributed by atoms with E-state index in [1.165, 1.54) is 5.69 Å². The van der Waals surface area contributed by atoms with Crippen molar-refractivity contribution in [3.8, 4) is 11.5 Å². The Hall–Kier alpha value is -2.30. The van der Waals surface area contributed by atoms with E-state index in [9.17, 15) is 0 Å². The molecule has 4 rings (SSSR count). The Bertz CT molecular complexity index is 826. The Kier molecular flexibility index (Phi) is 4.72. The fraction of sp³-hybridized carbons (Fsp3) is 0.250. The van der Waals surface area contributed by atoms with E-state index in [0.717, 1.165) is 44.0 Å². The fourth-order valence-electron chi connectivity index (χ4n) is 3.17. The Morgan fingerprint density at radius 2 is 1.64 bits per heavy atom. The lowest BCUT2D eigenvalue weighted by Crippen LogP contribution is -2.46. The molecule has 2 heterocycles. The Labute approximate surface area is 152 Å². The van der Waals surface area contributed by atoms with E-state index >= 15 is 0 Å². The zero-order valence-corrected chi connectivity index (χ0v) is 14.7. The van der Waals surface area contributed by atoms with Crippen LogP contribution < -0.4 is 4.90 Å². The Morgan fingerprint density at radius 1 is 0.920 bits per heavy atom. The predicted molar refractivity (Wildman–Crippen MR) is 101 cm³/mol. The topological polar surface area (TPSA) is 32.5 Å². The van der Waals surface area contributed by atoms with Gasteiger partial charge in [-0.3, -0.25) is 4.90 Å². The van der Waals surface area contributed by atoms with E-state index in [1.54, 1.807) is 6.26 Å². The van der Waals surface area contributed by atoms with Crippen molar-refractivity contribution >= 4 is 17.3 Å². The third kappa shape index (κ3) is 3.70. The molecule has 0 unspecified atom stereocenters. The maximum atomic E-state index is 6.22. The van der Waals surface area contributed by atoms with E-state index in [1.807, 2.05) is 24.3 Å². The third-order valence-corrected chi connectivity index (χ3v) is 4.86. The summed E-state index contributed by atoms with van der Waals surface area (Å²) in [4.78, 5) is 9.44. The zero-order valence-electron chi connectivity index (χ0n) is 13.9. The first-order chi connectivity index (χ1) is 12.3.